The van der Waals surface area contributed by atoms with E-state index in [0.717, 1.165) is 48.6 Å². The Bertz CT molecular complexity index is 1050. The Balaban J connectivity index is 1.67. The van der Waals surface area contributed by atoms with Crippen LogP contribution < -0.4 is 15.0 Å². The number of nitrogens with zero attached hydrogens (tertiary/aromatic N) is 3. The zero-order valence-electron chi connectivity index (χ0n) is 17.3. The van der Waals surface area contributed by atoms with E-state index in [1.165, 1.54) is 0 Å². The Hall–Kier alpha value is -3.19. The number of aromatic nitrogens is 3. The quantitative estimate of drug-likeness (QED) is 0.674. The number of pyridine rings is 1. The second-order valence-electron chi connectivity index (χ2n) is 7.37. The van der Waals surface area contributed by atoms with Crippen molar-refractivity contribution in [1.29, 1.82) is 0 Å². The maximum Gasteiger partial charge on any atom is 0.251 e. The molecule has 2 aromatic heterocycles. The molecule has 1 N–H and O–H groups in total. The molecule has 4 rings (SSSR count). The lowest BCUT2D eigenvalue weighted by atomic mass is 9.98. The van der Waals surface area contributed by atoms with Crippen molar-refractivity contribution in [3.8, 4) is 23.0 Å². The van der Waals surface area contributed by atoms with E-state index in [4.69, 9.17) is 14.5 Å². The van der Waals surface area contributed by atoms with Gasteiger partial charge in [0.25, 0.3) is 5.56 Å². The topological polar surface area (TPSA) is 80.3 Å². The molecule has 1 aliphatic heterocycles. The summed E-state index contributed by atoms with van der Waals surface area (Å²) >= 11 is 0. The van der Waals surface area contributed by atoms with Crippen molar-refractivity contribution < 1.29 is 9.47 Å². The van der Waals surface area contributed by atoms with Crippen LogP contribution in [0, 0.1) is 0 Å². The number of rotatable bonds is 6. The highest BCUT2D eigenvalue weighted by Gasteiger charge is 2.27. The monoisotopic (exact) mass is 406 g/mol. The highest BCUT2D eigenvalue weighted by atomic mass is 16.5. The van der Waals surface area contributed by atoms with Gasteiger partial charge in [-0.3, -0.25) is 14.7 Å². The molecule has 7 nitrogen and oxygen atoms in total. The van der Waals surface area contributed by atoms with Gasteiger partial charge in [-0.05, 0) is 37.6 Å². The van der Waals surface area contributed by atoms with E-state index < -0.39 is 0 Å². The summed E-state index contributed by atoms with van der Waals surface area (Å²) in [6.45, 7) is 1.62. The number of para-hydroxylation sites is 1. The average molecular weight is 406 g/mol. The molecule has 3 heterocycles. The number of benzene rings is 1. The average Bonchev–Trinajstić information content (AvgIpc) is 2.79. The lowest BCUT2D eigenvalue weighted by molar-refractivity contribution is 0.135. The van der Waals surface area contributed by atoms with Crippen LogP contribution in [0.5, 0.6) is 11.5 Å². The first-order chi connectivity index (χ1) is 14.7. The smallest absolute Gasteiger partial charge is 0.251 e. The second-order valence-corrected chi connectivity index (χ2v) is 7.37. The summed E-state index contributed by atoms with van der Waals surface area (Å²) in [5, 5.41) is 0. The van der Waals surface area contributed by atoms with Crippen molar-refractivity contribution in [2.75, 3.05) is 20.8 Å². The summed E-state index contributed by atoms with van der Waals surface area (Å²) in [6.07, 6.45) is 4.86. The third kappa shape index (κ3) is 4.21. The zero-order chi connectivity index (χ0) is 20.9. The number of ether oxygens (including phenoxy) is 2. The number of H-pyrrole nitrogens is 1. The minimum atomic E-state index is -0.162. The van der Waals surface area contributed by atoms with Crippen LogP contribution >= 0.6 is 0 Å². The van der Waals surface area contributed by atoms with Crippen LogP contribution in [-0.4, -0.2) is 40.6 Å². The molecule has 0 spiro atoms. The van der Waals surface area contributed by atoms with Crippen molar-refractivity contribution in [2.45, 2.75) is 31.8 Å². The first-order valence-electron chi connectivity index (χ1n) is 10.2. The fourth-order valence-corrected chi connectivity index (χ4v) is 4.08. The van der Waals surface area contributed by atoms with Gasteiger partial charge in [0.15, 0.2) is 17.3 Å². The number of nitrogens with one attached hydrogen (secondary N) is 1. The Morgan fingerprint density at radius 2 is 2.03 bits per heavy atom. The molecule has 1 aromatic carbocycles. The normalized spacial score (nSPS) is 16.9. The highest BCUT2D eigenvalue weighted by molar-refractivity contribution is 5.48. The van der Waals surface area contributed by atoms with E-state index in [1.54, 1.807) is 26.5 Å². The first-order valence-corrected chi connectivity index (χ1v) is 10.2. The van der Waals surface area contributed by atoms with Crippen LogP contribution in [0.1, 0.15) is 36.6 Å². The maximum absolute atomic E-state index is 12.4. The van der Waals surface area contributed by atoms with Gasteiger partial charge in [0, 0.05) is 24.4 Å². The lowest BCUT2D eigenvalue weighted by Gasteiger charge is -2.35. The Labute approximate surface area is 175 Å². The van der Waals surface area contributed by atoms with Gasteiger partial charge in [-0.15, -0.1) is 0 Å². The molecule has 156 valence electrons. The number of piperidine rings is 1. The van der Waals surface area contributed by atoms with Gasteiger partial charge in [-0.1, -0.05) is 24.6 Å². The van der Waals surface area contributed by atoms with Crippen molar-refractivity contribution in [2.24, 2.45) is 0 Å². The van der Waals surface area contributed by atoms with Crippen LogP contribution in [0.3, 0.4) is 0 Å². The number of hydrogen-bond donors (Lipinski definition) is 1. The molecule has 7 heteroatoms. The molecule has 3 aromatic rings. The van der Waals surface area contributed by atoms with Gasteiger partial charge in [0.05, 0.1) is 26.0 Å². The molecule has 0 unspecified atom stereocenters. The third-order valence-corrected chi connectivity index (χ3v) is 5.48. The Kier molecular flexibility index (Phi) is 6.09. The molecule has 1 aliphatic rings. The van der Waals surface area contributed by atoms with E-state index >= 15 is 0 Å². The Morgan fingerprint density at radius 3 is 2.80 bits per heavy atom. The van der Waals surface area contributed by atoms with Crippen molar-refractivity contribution in [3.05, 3.63) is 70.3 Å². The van der Waals surface area contributed by atoms with Crippen LogP contribution in [0.15, 0.2) is 53.5 Å². The summed E-state index contributed by atoms with van der Waals surface area (Å²) in [6, 6.07) is 13.2. The molecular formula is C23H26N4O3. The molecule has 0 saturated carbocycles. The number of likely N-dealkylation sites (tertiary alicyclic amines) is 1. The van der Waals surface area contributed by atoms with E-state index in [2.05, 4.69) is 20.9 Å². The molecule has 30 heavy (non-hydrogen) atoms. The van der Waals surface area contributed by atoms with Gasteiger partial charge in [-0.2, -0.15) is 0 Å². The molecule has 0 aliphatic carbocycles. The number of aromatic amines is 1. The zero-order valence-corrected chi connectivity index (χ0v) is 17.3. The summed E-state index contributed by atoms with van der Waals surface area (Å²) in [4.78, 5) is 26.7. The summed E-state index contributed by atoms with van der Waals surface area (Å²) in [7, 11) is 3.30. The van der Waals surface area contributed by atoms with Gasteiger partial charge in [0.2, 0.25) is 0 Å². The summed E-state index contributed by atoms with van der Waals surface area (Å²) in [5.41, 5.74) is 2.33. The van der Waals surface area contributed by atoms with Gasteiger partial charge in [-0.25, -0.2) is 4.98 Å². The van der Waals surface area contributed by atoms with Gasteiger partial charge in [0.1, 0.15) is 5.69 Å². The Morgan fingerprint density at radius 1 is 1.13 bits per heavy atom. The fourth-order valence-electron chi connectivity index (χ4n) is 4.08. The molecular weight excluding hydrogens is 380 g/mol. The first kappa shape index (κ1) is 20.1. The van der Waals surface area contributed by atoms with Crippen molar-refractivity contribution >= 4 is 0 Å². The molecule has 0 amide bonds. The SMILES string of the molecule is COc1cccc(CN2CCCC[C@@H]2c2cc(=O)[nH]c(-c3ccccn3)n2)c1OC. The molecule has 1 saturated heterocycles. The van der Waals surface area contributed by atoms with Crippen LogP contribution in [0.2, 0.25) is 0 Å². The van der Waals surface area contributed by atoms with Crippen molar-refractivity contribution in [3.63, 3.8) is 0 Å². The van der Waals surface area contributed by atoms with Crippen LogP contribution in [0.4, 0.5) is 0 Å². The minimum absolute atomic E-state index is 0.0550. The second kappa shape index (κ2) is 9.09. The van der Waals surface area contributed by atoms with Crippen molar-refractivity contribution in [1.82, 2.24) is 19.9 Å². The van der Waals surface area contributed by atoms with E-state index in [1.807, 2.05) is 30.3 Å². The van der Waals surface area contributed by atoms with E-state index in [9.17, 15) is 4.79 Å². The third-order valence-electron chi connectivity index (χ3n) is 5.48. The highest BCUT2D eigenvalue weighted by Crippen LogP contribution is 2.36. The van der Waals surface area contributed by atoms with Gasteiger partial charge < -0.3 is 14.5 Å². The minimum Gasteiger partial charge on any atom is -0.493 e. The predicted molar refractivity (Wildman–Crippen MR) is 115 cm³/mol. The number of hydrogen-bond acceptors (Lipinski definition) is 6. The molecule has 1 fully saturated rings. The summed E-state index contributed by atoms with van der Waals surface area (Å²) in [5.74, 6) is 1.97. The van der Waals surface area contributed by atoms with Gasteiger partial charge >= 0.3 is 0 Å². The van der Waals surface area contributed by atoms with Crippen LogP contribution in [-0.2, 0) is 6.54 Å². The molecule has 0 bridgehead atoms. The maximum atomic E-state index is 12.4. The largest absolute Gasteiger partial charge is 0.493 e. The molecule has 1 atom stereocenters. The predicted octanol–water partition coefficient (Wildman–Crippen LogP) is 3.58. The standard InChI is InChI=1S/C23H26N4O3/c1-29-20-11-7-8-16(22(20)30-2)15-27-13-6-4-10-19(27)18-14-21(28)26-23(25-18)17-9-3-5-12-24-17/h3,5,7-9,11-12,14,19H,4,6,10,13,15H2,1-2H3,(H,25,26,28)/t19-/m1/s1. The summed E-state index contributed by atoms with van der Waals surface area (Å²) < 4.78 is 11.1. The number of methoxy groups -OCH3 is 2. The van der Waals surface area contributed by atoms with Crippen LogP contribution in [0.25, 0.3) is 11.5 Å². The fraction of sp³-hybridized carbons (Fsp3) is 0.348. The van der Waals surface area contributed by atoms with E-state index in [0.29, 0.717) is 18.1 Å². The lowest BCUT2D eigenvalue weighted by Crippen LogP contribution is -2.34. The van der Waals surface area contributed by atoms with E-state index in [-0.39, 0.29) is 11.6 Å². The molecule has 0 radical (unpaired) electrons.